The van der Waals surface area contributed by atoms with Crippen molar-refractivity contribution in [1.82, 2.24) is 10.4 Å². The third kappa shape index (κ3) is 3.16. The Labute approximate surface area is 123 Å². The number of nitrogens with one attached hydrogen (secondary N) is 1. The van der Waals surface area contributed by atoms with Crippen LogP contribution in [0.5, 0.6) is 0 Å². The lowest BCUT2D eigenvalue weighted by atomic mass is 10.2. The molecule has 0 saturated heterocycles. The van der Waals surface area contributed by atoms with E-state index in [9.17, 15) is 9.59 Å². The van der Waals surface area contributed by atoms with E-state index in [1.807, 2.05) is 17.5 Å². The van der Waals surface area contributed by atoms with E-state index in [2.05, 4.69) is 15.5 Å². The predicted molar refractivity (Wildman–Crippen MR) is 74.4 cm³/mol. The number of hydrogen-bond donors (Lipinski definition) is 1. The molecule has 7 nitrogen and oxygen atoms in total. The van der Waals surface area contributed by atoms with Crippen molar-refractivity contribution >= 4 is 28.9 Å². The fourth-order valence-corrected chi connectivity index (χ4v) is 2.39. The first-order valence-electron chi connectivity index (χ1n) is 6.23. The topological polar surface area (TPSA) is 93.8 Å². The molecule has 0 unspecified atom stereocenters. The number of nitrogens with zero attached hydrogens (tertiary/aromatic N) is 2. The molecule has 1 aliphatic heterocycles. The van der Waals surface area contributed by atoms with Gasteiger partial charge in [0, 0.05) is 12.8 Å². The summed E-state index contributed by atoms with van der Waals surface area (Å²) in [4.78, 5) is 27.8. The van der Waals surface area contributed by atoms with Gasteiger partial charge in [0.2, 0.25) is 11.8 Å². The van der Waals surface area contributed by atoms with Crippen LogP contribution >= 0.6 is 11.3 Å². The van der Waals surface area contributed by atoms with E-state index in [0.717, 1.165) is 4.88 Å². The first kappa shape index (κ1) is 13.5. The Bertz CT molecular complexity index is 690. The average Bonchev–Trinajstić information content (AvgIpc) is 3.16. The van der Waals surface area contributed by atoms with E-state index in [0.29, 0.717) is 11.6 Å². The number of ether oxygens (including phenoxy) is 1. The summed E-state index contributed by atoms with van der Waals surface area (Å²) in [7, 11) is 0. The molecule has 0 spiro atoms. The minimum absolute atomic E-state index is 0.000670. The summed E-state index contributed by atoms with van der Waals surface area (Å²) in [5.41, 5.74) is 2.97. The molecule has 21 heavy (non-hydrogen) atoms. The maximum atomic E-state index is 11.8. The van der Waals surface area contributed by atoms with Crippen LogP contribution in [-0.4, -0.2) is 22.6 Å². The number of amides is 1. The Kier molecular flexibility index (Phi) is 3.78. The molecule has 0 atom stereocenters. The largest absolute Gasteiger partial charge is 0.455 e. The molecule has 1 amide bonds. The normalized spacial score (nSPS) is 14.5. The first-order valence-corrected chi connectivity index (χ1v) is 7.11. The molecule has 0 bridgehead atoms. The summed E-state index contributed by atoms with van der Waals surface area (Å²) in [6, 6.07) is 3.80. The quantitative estimate of drug-likeness (QED) is 0.868. The van der Waals surface area contributed by atoms with Crippen LogP contribution in [0.3, 0.4) is 0 Å². The predicted octanol–water partition coefficient (Wildman–Crippen LogP) is 1.71. The Hall–Kier alpha value is -2.48. The molecule has 0 fully saturated rings. The Morgan fingerprint density at radius 2 is 2.38 bits per heavy atom. The fourth-order valence-electron chi connectivity index (χ4n) is 1.73. The lowest BCUT2D eigenvalue weighted by Gasteiger charge is -2.10. The summed E-state index contributed by atoms with van der Waals surface area (Å²) in [5.74, 6) is -0.266. The zero-order valence-electron chi connectivity index (χ0n) is 10.9. The number of esters is 1. The highest BCUT2D eigenvalue weighted by molar-refractivity contribution is 7.13. The van der Waals surface area contributed by atoms with Gasteiger partial charge in [-0.3, -0.25) is 4.79 Å². The van der Waals surface area contributed by atoms with Gasteiger partial charge >= 0.3 is 5.97 Å². The van der Waals surface area contributed by atoms with E-state index in [1.165, 1.54) is 17.6 Å². The monoisotopic (exact) mass is 305 g/mol. The molecular weight excluding hydrogens is 294 g/mol. The second-order valence-electron chi connectivity index (χ2n) is 4.29. The molecule has 3 rings (SSSR count). The van der Waals surface area contributed by atoms with Gasteiger partial charge in [-0.05, 0) is 11.4 Å². The summed E-state index contributed by atoms with van der Waals surface area (Å²) in [5, 5.41) is 5.59. The second kappa shape index (κ2) is 5.88. The van der Waals surface area contributed by atoms with Crippen LogP contribution in [0.15, 0.2) is 33.3 Å². The molecule has 1 N–H and O–H groups in total. The summed E-state index contributed by atoms with van der Waals surface area (Å²) in [6.45, 7) is 0.000670. The number of carbonyl (C=O) groups excluding carboxylic acids is 2. The van der Waals surface area contributed by atoms with Crippen molar-refractivity contribution in [3.8, 4) is 10.8 Å². The van der Waals surface area contributed by atoms with Gasteiger partial charge in [-0.1, -0.05) is 6.07 Å². The van der Waals surface area contributed by atoms with Crippen LogP contribution in [0.2, 0.25) is 0 Å². The number of oxazole rings is 1. The molecule has 0 aliphatic carbocycles. The van der Waals surface area contributed by atoms with Crippen LogP contribution in [0.4, 0.5) is 0 Å². The van der Waals surface area contributed by atoms with Gasteiger partial charge in [-0.15, -0.1) is 11.3 Å². The van der Waals surface area contributed by atoms with Gasteiger partial charge in [0.1, 0.15) is 24.3 Å². The number of hydrazone groups is 1. The Morgan fingerprint density at radius 1 is 1.48 bits per heavy atom. The van der Waals surface area contributed by atoms with Crippen LogP contribution < -0.4 is 5.43 Å². The van der Waals surface area contributed by atoms with Gasteiger partial charge in [0.25, 0.3) is 0 Å². The molecule has 0 radical (unpaired) electrons. The third-order valence-corrected chi connectivity index (χ3v) is 3.63. The minimum Gasteiger partial charge on any atom is -0.455 e. The number of carbonyl (C=O) groups is 2. The standard InChI is InChI=1S/C13H11N3O4S/c17-11-4-3-9(15-16-11)13(18)20-7-8-6-19-12(14-8)10-2-1-5-21-10/h1-2,5-6H,3-4,7H2,(H,16,17). The highest BCUT2D eigenvalue weighted by Crippen LogP contribution is 2.23. The molecule has 8 heteroatoms. The van der Waals surface area contributed by atoms with Crippen molar-refractivity contribution in [2.75, 3.05) is 0 Å². The molecule has 2 aromatic rings. The van der Waals surface area contributed by atoms with Crippen LogP contribution in [0.25, 0.3) is 10.8 Å². The SMILES string of the molecule is O=C1CCC(C(=O)OCc2coc(-c3cccs3)n2)=NN1. The molecule has 3 heterocycles. The van der Waals surface area contributed by atoms with Crippen molar-refractivity contribution in [2.45, 2.75) is 19.4 Å². The Morgan fingerprint density at radius 3 is 3.10 bits per heavy atom. The minimum atomic E-state index is -0.560. The number of rotatable bonds is 4. The highest BCUT2D eigenvalue weighted by atomic mass is 32.1. The second-order valence-corrected chi connectivity index (χ2v) is 5.24. The van der Waals surface area contributed by atoms with Crippen molar-refractivity contribution in [3.63, 3.8) is 0 Å². The number of thiophene rings is 1. The lowest BCUT2D eigenvalue weighted by Crippen LogP contribution is -2.30. The summed E-state index contributed by atoms with van der Waals surface area (Å²) >= 11 is 1.51. The van der Waals surface area contributed by atoms with E-state index in [1.54, 1.807) is 0 Å². The van der Waals surface area contributed by atoms with Crippen LogP contribution in [-0.2, 0) is 20.9 Å². The lowest BCUT2D eigenvalue weighted by molar-refractivity contribution is -0.137. The first-order chi connectivity index (χ1) is 10.2. The van der Waals surface area contributed by atoms with Crippen molar-refractivity contribution in [1.29, 1.82) is 0 Å². The third-order valence-electron chi connectivity index (χ3n) is 2.77. The molecular formula is C13H11N3O4S. The van der Waals surface area contributed by atoms with Crippen LogP contribution in [0.1, 0.15) is 18.5 Å². The zero-order valence-corrected chi connectivity index (χ0v) is 11.7. The molecule has 108 valence electrons. The van der Waals surface area contributed by atoms with Crippen molar-refractivity contribution in [3.05, 3.63) is 29.5 Å². The van der Waals surface area contributed by atoms with Crippen LogP contribution in [0, 0.1) is 0 Å². The van der Waals surface area contributed by atoms with Crippen molar-refractivity contribution in [2.24, 2.45) is 5.10 Å². The van der Waals surface area contributed by atoms with E-state index >= 15 is 0 Å². The Balaban J connectivity index is 1.58. The van der Waals surface area contributed by atoms with Gasteiger partial charge < -0.3 is 9.15 Å². The van der Waals surface area contributed by atoms with E-state index < -0.39 is 5.97 Å². The summed E-state index contributed by atoms with van der Waals surface area (Å²) in [6.07, 6.45) is 1.97. The highest BCUT2D eigenvalue weighted by Gasteiger charge is 2.20. The molecule has 1 aliphatic rings. The number of aromatic nitrogens is 1. The maximum absolute atomic E-state index is 11.8. The van der Waals surface area contributed by atoms with E-state index in [-0.39, 0.29) is 31.1 Å². The summed E-state index contributed by atoms with van der Waals surface area (Å²) < 4.78 is 10.4. The smallest absolute Gasteiger partial charge is 0.354 e. The fraction of sp³-hybridized carbons (Fsp3) is 0.231. The average molecular weight is 305 g/mol. The zero-order chi connectivity index (χ0) is 14.7. The van der Waals surface area contributed by atoms with Gasteiger partial charge in [0.05, 0.1) is 4.88 Å². The maximum Gasteiger partial charge on any atom is 0.354 e. The number of hydrogen-bond acceptors (Lipinski definition) is 7. The van der Waals surface area contributed by atoms with Gasteiger partial charge in [-0.25, -0.2) is 15.2 Å². The van der Waals surface area contributed by atoms with Gasteiger partial charge in [0.15, 0.2) is 0 Å². The van der Waals surface area contributed by atoms with Gasteiger partial charge in [-0.2, -0.15) is 5.10 Å². The molecule has 2 aromatic heterocycles. The molecule has 0 saturated carbocycles. The molecule has 0 aromatic carbocycles. The van der Waals surface area contributed by atoms with Crippen molar-refractivity contribution < 1.29 is 18.7 Å². The van der Waals surface area contributed by atoms with E-state index in [4.69, 9.17) is 9.15 Å².